The van der Waals surface area contributed by atoms with Crippen molar-refractivity contribution in [3.05, 3.63) is 59.9 Å². The predicted octanol–water partition coefficient (Wildman–Crippen LogP) is 3.22. The van der Waals surface area contributed by atoms with Gasteiger partial charge in [0.25, 0.3) is 0 Å². The van der Waals surface area contributed by atoms with Crippen LogP contribution in [0.1, 0.15) is 11.3 Å². The fourth-order valence-corrected chi connectivity index (χ4v) is 2.02. The SMILES string of the molecule is Cc1nc(Oc2ccc3cccnc3c2)ccc1CO. The minimum Gasteiger partial charge on any atom is -0.439 e. The molecule has 0 unspecified atom stereocenters. The van der Waals surface area contributed by atoms with Crippen LogP contribution in [0.2, 0.25) is 0 Å². The monoisotopic (exact) mass is 266 g/mol. The van der Waals surface area contributed by atoms with Gasteiger partial charge in [0.1, 0.15) is 5.75 Å². The molecule has 0 atom stereocenters. The molecule has 0 aliphatic rings. The molecule has 0 aliphatic carbocycles. The molecule has 4 nitrogen and oxygen atoms in total. The molecule has 20 heavy (non-hydrogen) atoms. The molecule has 2 heterocycles. The molecule has 100 valence electrons. The van der Waals surface area contributed by atoms with Crippen LogP contribution in [-0.2, 0) is 6.61 Å². The van der Waals surface area contributed by atoms with E-state index < -0.39 is 0 Å². The van der Waals surface area contributed by atoms with Gasteiger partial charge in [-0.3, -0.25) is 4.98 Å². The van der Waals surface area contributed by atoms with Gasteiger partial charge in [0, 0.05) is 29.4 Å². The molecule has 0 amide bonds. The topological polar surface area (TPSA) is 55.2 Å². The second-order valence-corrected chi connectivity index (χ2v) is 4.51. The molecule has 0 spiro atoms. The number of rotatable bonds is 3. The molecule has 2 aromatic heterocycles. The van der Waals surface area contributed by atoms with Crippen LogP contribution in [0, 0.1) is 6.92 Å². The van der Waals surface area contributed by atoms with E-state index in [4.69, 9.17) is 9.84 Å². The fourth-order valence-electron chi connectivity index (χ4n) is 2.02. The molecule has 0 fully saturated rings. The Bertz CT molecular complexity index is 756. The van der Waals surface area contributed by atoms with Gasteiger partial charge in [-0.15, -0.1) is 0 Å². The molecular weight excluding hydrogens is 252 g/mol. The van der Waals surface area contributed by atoms with Gasteiger partial charge in [-0.05, 0) is 36.8 Å². The average Bonchev–Trinajstić information content (AvgIpc) is 2.47. The number of hydrogen-bond donors (Lipinski definition) is 1. The van der Waals surface area contributed by atoms with E-state index in [-0.39, 0.29) is 6.61 Å². The zero-order chi connectivity index (χ0) is 13.9. The molecule has 1 N–H and O–H groups in total. The molecular formula is C16H14N2O2. The predicted molar refractivity (Wildman–Crippen MR) is 76.7 cm³/mol. The van der Waals surface area contributed by atoms with Crippen LogP contribution in [-0.4, -0.2) is 15.1 Å². The standard InChI is InChI=1S/C16H14N2O2/c1-11-13(10-19)5-7-16(18-11)20-14-6-4-12-3-2-8-17-15(12)9-14/h2-9,19H,10H2,1H3. The van der Waals surface area contributed by atoms with Gasteiger partial charge in [0.15, 0.2) is 0 Å². The van der Waals surface area contributed by atoms with E-state index in [0.717, 1.165) is 22.2 Å². The Morgan fingerprint density at radius 1 is 1.15 bits per heavy atom. The van der Waals surface area contributed by atoms with Crippen molar-refractivity contribution in [3.8, 4) is 11.6 Å². The van der Waals surface area contributed by atoms with E-state index in [9.17, 15) is 0 Å². The zero-order valence-electron chi connectivity index (χ0n) is 11.1. The number of benzene rings is 1. The highest BCUT2D eigenvalue weighted by Crippen LogP contribution is 2.24. The summed E-state index contributed by atoms with van der Waals surface area (Å²) in [4.78, 5) is 8.61. The number of fused-ring (bicyclic) bond motifs is 1. The molecule has 0 aliphatic heterocycles. The average molecular weight is 266 g/mol. The van der Waals surface area contributed by atoms with Gasteiger partial charge in [0.05, 0.1) is 12.1 Å². The van der Waals surface area contributed by atoms with E-state index in [1.165, 1.54) is 0 Å². The summed E-state index contributed by atoms with van der Waals surface area (Å²) in [6, 6.07) is 13.2. The second-order valence-electron chi connectivity index (χ2n) is 4.51. The Labute approximate surface area is 116 Å². The summed E-state index contributed by atoms with van der Waals surface area (Å²) in [6.07, 6.45) is 1.75. The highest BCUT2D eigenvalue weighted by atomic mass is 16.5. The number of aryl methyl sites for hydroxylation is 1. The minimum absolute atomic E-state index is 0.0149. The first-order chi connectivity index (χ1) is 9.76. The van der Waals surface area contributed by atoms with Gasteiger partial charge >= 0.3 is 0 Å². The van der Waals surface area contributed by atoms with Crippen LogP contribution in [0.3, 0.4) is 0 Å². The second kappa shape index (κ2) is 5.27. The summed E-state index contributed by atoms with van der Waals surface area (Å²) in [5.41, 5.74) is 2.45. The van der Waals surface area contributed by atoms with Crippen LogP contribution in [0.25, 0.3) is 10.9 Å². The van der Waals surface area contributed by atoms with Gasteiger partial charge in [-0.2, -0.15) is 0 Å². The Hall–Kier alpha value is -2.46. The van der Waals surface area contributed by atoms with Gasteiger partial charge in [-0.25, -0.2) is 4.98 Å². The van der Waals surface area contributed by atoms with Crippen LogP contribution >= 0.6 is 0 Å². The van der Waals surface area contributed by atoms with Gasteiger partial charge in [0.2, 0.25) is 5.88 Å². The van der Waals surface area contributed by atoms with E-state index in [0.29, 0.717) is 11.6 Å². The molecule has 0 saturated carbocycles. The van der Waals surface area contributed by atoms with Gasteiger partial charge < -0.3 is 9.84 Å². The third kappa shape index (κ3) is 2.46. The number of aliphatic hydroxyl groups excluding tert-OH is 1. The lowest BCUT2D eigenvalue weighted by Crippen LogP contribution is -1.95. The highest BCUT2D eigenvalue weighted by Gasteiger charge is 2.04. The quantitative estimate of drug-likeness (QED) is 0.790. The van der Waals surface area contributed by atoms with Crippen molar-refractivity contribution in [2.75, 3.05) is 0 Å². The maximum absolute atomic E-state index is 9.13. The fraction of sp³-hybridized carbons (Fsp3) is 0.125. The maximum atomic E-state index is 9.13. The van der Waals surface area contributed by atoms with Crippen molar-refractivity contribution >= 4 is 10.9 Å². The van der Waals surface area contributed by atoms with Crippen LogP contribution < -0.4 is 4.74 Å². The van der Waals surface area contributed by atoms with E-state index in [1.54, 1.807) is 12.3 Å². The summed E-state index contributed by atoms with van der Waals surface area (Å²) < 4.78 is 5.73. The zero-order valence-corrected chi connectivity index (χ0v) is 11.1. The number of hydrogen-bond acceptors (Lipinski definition) is 4. The number of nitrogens with zero attached hydrogens (tertiary/aromatic N) is 2. The Kier molecular flexibility index (Phi) is 3.31. The maximum Gasteiger partial charge on any atom is 0.219 e. The van der Waals surface area contributed by atoms with Crippen molar-refractivity contribution in [1.82, 2.24) is 9.97 Å². The molecule has 0 saturated heterocycles. The van der Waals surface area contributed by atoms with Crippen LogP contribution in [0.5, 0.6) is 11.6 Å². The number of aromatic nitrogens is 2. The first kappa shape index (κ1) is 12.6. The van der Waals surface area contributed by atoms with E-state index in [2.05, 4.69) is 9.97 Å². The third-order valence-electron chi connectivity index (χ3n) is 3.14. The summed E-state index contributed by atoms with van der Waals surface area (Å²) in [5.74, 6) is 1.20. The van der Waals surface area contributed by atoms with Crippen molar-refractivity contribution in [1.29, 1.82) is 0 Å². The number of ether oxygens (including phenoxy) is 1. The molecule has 3 rings (SSSR count). The van der Waals surface area contributed by atoms with E-state index >= 15 is 0 Å². The van der Waals surface area contributed by atoms with Crippen molar-refractivity contribution < 1.29 is 9.84 Å². The molecule has 3 aromatic rings. The summed E-state index contributed by atoms with van der Waals surface area (Å²) in [5, 5.41) is 10.2. The summed E-state index contributed by atoms with van der Waals surface area (Å²) in [6.45, 7) is 1.83. The largest absolute Gasteiger partial charge is 0.439 e. The number of pyridine rings is 2. The Morgan fingerprint density at radius 2 is 2.05 bits per heavy atom. The molecule has 4 heteroatoms. The first-order valence-corrected chi connectivity index (χ1v) is 6.36. The highest BCUT2D eigenvalue weighted by molar-refractivity contribution is 5.79. The van der Waals surface area contributed by atoms with Crippen LogP contribution in [0.15, 0.2) is 48.7 Å². The van der Waals surface area contributed by atoms with Gasteiger partial charge in [-0.1, -0.05) is 6.07 Å². The Morgan fingerprint density at radius 3 is 2.85 bits per heavy atom. The first-order valence-electron chi connectivity index (χ1n) is 6.36. The van der Waals surface area contributed by atoms with Crippen molar-refractivity contribution in [2.45, 2.75) is 13.5 Å². The normalized spacial score (nSPS) is 10.7. The summed E-state index contributed by atoms with van der Waals surface area (Å²) >= 11 is 0. The number of aliphatic hydroxyl groups is 1. The lowest BCUT2D eigenvalue weighted by molar-refractivity contribution is 0.280. The van der Waals surface area contributed by atoms with Crippen molar-refractivity contribution in [3.63, 3.8) is 0 Å². The van der Waals surface area contributed by atoms with E-state index in [1.807, 2.05) is 43.3 Å². The molecule has 1 aromatic carbocycles. The third-order valence-corrected chi connectivity index (χ3v) is 3.14. The lowest BCUT2D eigenvalue weighted by atomic mass is 10.2. The van der Waals surface area contributed by atoms with Crippen LogP contribution in [0.4, 0.5) is 0 Å². The van der Waals surface area contributed by atoms with Crippen molar-refractivity contribution in [2.24, 2.45) is 0 Å². The summed E-state index contributed by atoms with van der Waals surface area (Å²) in [7, 11) is 0. The lowest BCUT2D eigenvalue weighted by Gasteiger charge is -2.08. The molecule has 0 radical (unpaired) electrons. The minimum atomic E-state index is -0.0149. The Balaban J connectivity index is 1.90. The smallest absolute Gasteiger partial charge is 0.219 e. The molecule has 0 bridgehead atoms.